The van der Waals surface area contributed by atoms with E-state index in [0.717, 1.165) is 25.3 Å². The lowest BCUT2D eigenvalue weighted by molar-refractivity contribution is 0.117. The molecule has 1 heterocycles. The molecular formula is C16H24N2O. The lowest BCUT2D eigenvalue weighted by atomic mass is 9.95. The van der Waals surface area contributed by atoms with E-state index < -0.39 is 0 Å². The van der Waals surface area contributed by atoms with Gasteiger partial charge in [-0.05, 0) is 51.3 Å². The summed E-state index contributed by atoms with van der Waals surface area (Å²) in [5.74, 6) is 1.70. The van der Waals surface area contributed by atoms with Crippen LogP contribution in [0.2, 0.25) is 0 Å². The maximum atomic E-state index is 6.15. The number of hydrogen-bond donors (Lipinski definition) is 1. The van der Waals surface area contributed by atoms with Gasteiger partial charge in [-0.15, -0.1) is 0 Å². The summed E-state index contributed by atoms with van der Waals surface area (Å²) in [7, 11) is 2.19. The first-order valence-electron chi connectivity index (χ1n) is 7.44. The van der Waals surface area contributed by atoms with Gasteiger partial charge >= 0.3 is 0 Å². The van der Waals surface area contributed by atoms with E-state index in [1.165, 1.54) is 24.8 Å². The van der Waals surface area contributed by atoms with Crippen LogP contribution in [0.3, 0.4) is 0 Å². The Morgan fingerprint density at radius 2 is 2.11 bits per heavy atom. The largest absolute Gasteiger partial charge is 0.490 e. The molecule has 2 atom stereocenters. The van der Waals surface area contributed by atoms with Crippen LogP contribution in [0.25, 0.3) is 0 Å². The molecule has 2 N–H and O–H groups in total. The fraction of sp³-hybridized carbons (Fsp3) is 0.625. The molecule has 3 rings (SSSR count). The van der Waals surface area contributed by atoms with Crippen molar-refractivity contribution in [3.8, 4) is 5.75 Å². The van der Waals surface area contributed by atoms with E-state index in [0.29, 0.717) is 18.1 Å². The maximum Gasteiger partial charge on any atom is 0.124 e. The van der Waals surface area contributed by atoms with Crippen LogP contribution in [0.5, 0.6) is 5.75 Å². The molecule has 1 saturated heterocycles. The highest BCUT2D eigenvalue weighted by Crippen LogP contribution is 2.39. The standard InChI is InChI=1S/C16H24N2O/c1-18-11-12(10-17)9-15(18)14-7-2-3-8-16(14)19-13-5-4-6-13/h2-3,7-8,12-13,15H,4-6,9-11,17H2,1H3. The van der Waals surface area contributed by atoms with Crippen molar-refractivity contribution in [2.24, 2.45) is 11.7 Å². The van der Waals surface area contributed by atoms with Gasteiger partial charge in [0, 0.05) is 18.2 Å². The Kier molecular flexibility index (Phi) is 3.76. The summed E-state index contributed by atoms with van der Waals surface area (Å²) in [5.41, 5.74) is 7.17. The SMILES string of the molecule is CN1CC(CN)CC1c1ccccc1OC1CCC1. The van der Waals surface area contributed by atoms with E-state index in [2.05, 4.69) is 36.2 Å². The fourth-order valence-electron chi connectivity index (χ4n) is 3.17. The van der Waals surface area contributed by atoms with Crippen molar-refractivity contribution in [3.05, 3.63) is 29.8 Å². The second-order valence-corrected chi connectivity index (χ2v) is 6.00. The zero-order chi connectivity index (χ0) is 13.2. The number of para-hydroxylation sites is 1. The molecule has 104 valence electrons. The van der Waals surface area contributed by atoms with E-state index in [4.69, 9.17) is 10.5 Å². The number of likely N-dealkylation sites (tertiary alicyclic amines) is 1. The van der Waals surface area contributed by atoms with Gasteiger partial charge in [0.2, 0.25) is 0 Å². The van der Waals surface area contributed by atoms with Crippen LogP contribution in [0.15, 0.2) is 24.3 Å². The van der Waals surface area contributed by atoms with Gasteiger partial charge in [0.05, 0.1) is 6.10 Å². The highest BCUT2D eigenvalue weighted by Gasteiger charge is 2.32. The third-order valence-corrected chi connectivity index (χ3v) is 4.59. The van der Waals surface area contributed by atoms with E-state index >= 15 is 0 Å². The number of rotatable bonds is 4. The van der Waals surface area contributed by atoms with Crippen molar-refractivity contribution in [1.82, 2.24) is 4.90 Å². The molecule has 3 heteroatoms. The first-order valence-corrected chi connectivity index (χ1v) is 7.44. The van der Waals surface area contributed by atoms with Crippen molar-refractivity contribution >= 4 is 0 Å². The fourth-order valence-corrected chi connectivity index (χ4v) is 3.17. The number of ether oxygens (including phenoxy) is 1. The lowest BCUT2D eigenvalue weighted by Crippen LogP contribution is -2.26. The van der Waals surface area contributed by atoms with Crippen molar-refractivity contribution < 1.29 is 4.74 Å². The Hall–Kier alpha value is -1.06. The molecule has 0 spiro atoms. The third-order valence-electron chi connectivity index (χ3n) is 4.59. The van der Waals surface area contributed by atoms with Gasteiger partial charge in [-0.3, -0.25) is 4.90 Å². The average Bonchev–Trinajstić information content (AvgIpc) is 2.76. The van der Waals surface area contributed by atoms with Gasteiger partial charge in [-0.1, -0.05) is 18.2 Å². The van der Waals surface area contributed by atoms with E-state index in [1.807, 2.05) is 0 Å². The van der Waals surface area contributed by atoms with Crippen LogP contribution in [-0.2, 0) is 0 Å². The van der Waals surface area contributed by atoms with Crippen LogP contribution in [0.1, 0.15) is 37.3 Å². The molecule has 0 aromatic heterocycles. The molecule has 2 unspecified atom stereocenters. The van der Waals surface area contributed by atoms with Crippen LogP contribution in [0, 0.1) is 5.92 Å². The molecule has 1 aliphatic carbocycles. The summed E-state index contributed by atoms with van der Waals surface area (Å²) in [6.07, 6.45) is 5.32. The number of nitrogens with two attached hydrogens (primary N) is 1. The van der Waals surface area contributed by atoms with Gasteiger partial charge in [-0.25, -0.2) is 0 Å². The molecule has 1 saturated carbocycles. The maximum absolute atomic E-state index is 6.15. The summed E-state index contributed by atoms with van der Waals surface area (Å²) in [5, 5.41) is 0. The lowest BCUT2D eigenvalue weighted by Gasteiger charge is -2.29. The smallest absolute Gasteiger partial charge is 0.124 e. The molecular weight excluding hydrogens is 236 g/mol. The summed E-state index contributed by atoms with van der Waals surface area (Å²) >= 11 is 0. The van der Waals surface area contributed by atoms with Gasteiger partial charge in [0.1, 0.15) is 5.75 Å². The molecule has 0 bridgehead atoms. The summed E-state index contributed by atoms with van der Waals surface area (Å²) in [6, 6.07) is 9.00. The van der Waals surface area contributed by atoms with Gasteiger partial charge in [0.25, 0.3) is 0 Å². The first kappa shape index (κ1) is 12.9. The molecule has 1 aliphatic heterocycles. The van der Waals surface area contributed by atoms with Gasteiger partial charge in [0.15, 0.2) is 0 Å². The van der Waals surface area contributed by atoms with Crippen molar-refractivity contribution in [3.63, 3.8) is 0 Å². The number of benzene rings is 1. The molecule has 1 aromatic carbocycles. The highest BCUT2D eigenvalue weighted by molar-refractivity contribution is 5.37. The predicted octanol–water partition coefficient (Wildman–Crippen LogP) is 2.57. The molecule has 2 aliphatic rings. The van der Waals surface area contributed by atoms with Crippen molar-refractivity contribution in [1.29, 1.82) is 0 Å². The summed E-state index contributed by atoms with van der Waals surface area (Å²) in [6.45, 7) is 1.88. The second kappa shape index (κ2) is 5.51. The summed E-state index contributed by atoms with van der Waals surface area (Å²) < 4.78 is 6.15. The predicted molar refractivity (Wildman–Crippen MR) is 77.2 cm³/mol. The average molecular weight is 260 g/mol. The molecule has 1 aromatic rings. The van der Waals surface area contributed by atoms with Crippen molar-refractivity contribution in [2.75, 3.05) is 20.1 Å². The molecule has 0 amide bonds. The van der Waals surface area contributed by atoms with Crippen LogP contribution in [0.4, 0.5) is 0 Å². The zero-order valence-corrected chi connectivity index (χ0v) is 11.7. The van der Waals surface area contributed by atoms with Crippen molar-refractivity contribution in [2.45, 2.75) is 37.8 Å². The quantitative estimate of drug-likeness (QED) is 0.904. The topological polar surface area (TPSA) is 38.5 Å². The highest BCUT2D eigenvalue weighted by atomic mass is 16.5. The van der Waals surface area contributed by atoms with Crippen LogP contribution >= 0.6 is 0 Å². The minimum Gasteiger partial charge on any atom is -0.490 e. The summed E-state index contributed by atoms with van der Waals surface area (Å²) in [4.78, 5) is 2.42. The molecule has 2 fully saturated rings. The van der Waals surface area contributed by atoms with Gasteiger partial charge in [-0.2, -0.15) is 0 Å². The minimum absolute atomic E-state index is 0.443. The van der Waals surface area contributed by atoms with Gasteiger partial charge < -0.3 is 10.5 Å². The Morgan fingerprint density at radius 1 is 1.32 bits per heavy atom. The van der Waals surface area contributed by atoms with Crippen LogP contribution in [-0.4, -0.2) is 31.1 Å². The molecule has 19 heavy (non-hydrogen) atoms. The zero-order valence-electron chi connectivity index (χ0n) is 11.7. The van der Waals surface area contributed by atoms with E-state index in [9.17, 15) is 0 Å². The minimum atomic E-state index is 0.443. The molecule has 3 nitrogen and oxygen atoms in total. The van der Waals surface area contributed by atoms with E-state index in [-0.39, 0.29) is 0 Å². The Bertz CT molecular complexity index is 431. The van der Waals surface area contributed by atoms with E-state index in [1.54, 1.807) is 0 Å². The van der Waals surface area contributed by atoms with Crippen LogP contribution < -0.4 is 10.5 Å². The Labute approximate surface area is 115 Å². The normalized spacial score (nSPS) is 28.3. The monoisotopic (exact) mass is 260 g/mol. The first-order chi connectivity index (χ1) is 9.28. The Morgan fingerprint density at radius 3 is 2.74 bits per heavy atom. The molecule has 0 radical (unpaired) electrons. The Balaban J connectivity index is 1.79. The number of nitrogens with zero attached hydrogens (tertiary/aromatic N) is 1. The number of hydrogen-bond acceptors (Lipinski definition) is 3. The second-order valence-electron chi connectivity index (χ2n) is 6.00. The third kappa shape index (κ3) is 2.63.